The molecule has 1 heterocycles. The summed E-state index contributed by atoms with van der Waals surface area (Å²) < 4.78 is 9.18. The van der Waals surface area contributed by atoms with Gasteiger partial charge in [-0.3, -0.25) is 15.1 Å². The molecule has 0 radical (unpaired) electrons. The summed E-state index contributed by atoms with van der Waals surface area (Å²) in [6, 6.07) is 2.18. The van der Waals surface area contributed by atoms with E-state index in [4.69, 9.17) is 16.4 Å². The van der Waals surface area contributed by atoms with Gasteiger partial charge in [-0.25, -0.2) is 9.78 Å². The Balaban J connectivity index is 2.98. The summed E-state index contributed by atoms with van der Waals surface area (Å²) >= 11 is 5.82. The predicted octanol–water partition coefficient (Wildman–Crippen LogP) is 1.22. The molecule has 1 aromatic rings. The van der Waals surface area contributed by atoms with Crippen LogP contribution in [0.15, 0.2) is 12.1 Å². The Kier molecular flexibility index (Phi) is 6.70. The topological polar surface area (TPSA) is 98.8 Å². The van der Waals surface area contributed by atoms with Crippen LogP contribution in [-0.2, 0) is 23.9 Å². The molecule has 0 spiro atoms. The number of methoxy groups -OCH3 is 2. The fraction of sp³-hybridized carbons (Fsp3) is 0.417. The van der Waals surface area contributed by atoms with E-state index in [9.17, 15) is 9.59 Å². The van der Waals surface area contributed by atoms with Crippen molar-refractivity contribution in [2.24, 2.45) is 0 Å². The predicted molar refractivity (Wildman–Crippen MR) is 75.9 cm³/mol. The first-order valence-electron chi connectivity index (χ1n) is 5.88. The molecular weight excluding hydrogens is 302 g/mol. The van der Waals surface area contributed by atoms with Crippen molar-refractivity contribution in [1.29, 1.82) is 0 Å². The molecule has 0 aromatic carbocycles. The third-order valence-electron chi connectivity index (χ3n) is 2.47. The van der Waals surface area contributed by atoms with Crippen molar-refractivity contribution < 1.29 is 23.9 Å². The maximum absolute atomic E-state index is 11.7. The van der Waals surface area contributed by atoms with Gasteiger partial charge in [0.15, 0.2) is 5.82 Å². The zero-order valence-electron chi connectivity index (χ0n) is 11.8. The molecular formula is C12H16ClN3O5. The summed E-state index contributed by atoms with van der Waals surface area (Å²) in [6.45, 7) is 0. The number of esters is 2. The molecule has 0 aliphatic carbocycles. The molecule has 0 saturated carbocycles. The standard InChI is InChI=1S/C12H16ClN3O5/c1-19-10(17)6-8(12(18)20-2)14-11-7(16-21-3)4-5-9(13)15-11/h4-5,8,16H,6H2,1-3H3,(H,14,15). The van der Waals surface area contributed by atoms with Crippen molar-refractivity contribution in [2.75, 3.05) is 32.1 Å². The summed E-state index contributed by atoms with van der Waals surface area (Å²) in [5, 5.41) is 2.98. The molecule has 0 fully saturated rings. The van der Waals surface area contributed by atoms with E-state index in [0.29, 0.717) is 5.69 Å². The Bertz CT molecular complexity index is 512. The van der Waals surface area contributed by atoms with Crippen molar-refractivity contribution in [3.63, 3.8) is 0 Å². The van der Waals surface area contributed by atoms with E-state index in [1.54, 1.807) is 12.1 Å². The molecule has 0 bridgehead atoms. The van der Waals surface area contributed by atoms with Gasteiger partial charge in [0.25, 0.3) is 0 Å². The lowest BCUT2D eigenvalue weighted by Crippen LogP contribution is -2.34. The normalized spacial score (nSPS) is 11.4. The van der Waals surface area contributed by atoms with E-state index >= 15 is 0 Å². The Morgan fingerprint density at radius 2 is 2.00 bits per heavy atom. The number of nitrogens with one attached hydrogen (secondary N) is 2. The zero-order chi connectivity index (χ0) is 15.8. The maximum atomic E-state index is 11.7. The number of carbonyl (C=O) groups excluding carboxylic acids is 2. The van der Waals surface area contributed by atoms with Crippen molar-refractivity contribution in [3.8, 4) is 0 Å². The fourth-order valence-electron chi connectivity index (χ4n) is 1.49. The van der Waals surface area contributed by atoms with Crippen LogP contribution in [0.4, 0.5) is 11.5 Å². The lowest BCUT2D eigenvalue weighted by Gasteiger charge is -2.18. The number of hydrogen-bond acceptors (Lipinski definition) is 8. The summed E-state index contributed by atoms with van der Waals surface area (Å²) in [5.41, 5.74) is 3.03. The first kappa shape index (κ1) is 17.0. The van der Waals surface area contributed by atoms with Gasteiger partial charge in [0.05, 0.1) is 27.8 Å². The van der Waals surface area contributed by atoms with Crippen LogP contribution < -0.4 is 10.8 Å². The first-order chi connectivity index (χ1) is 10.0. The van der Waals surface area contributed by atoms with Gasteiger partial charge in [-0.05, 0) is 12.1 Å². The first-order valence-corrected chi connectivity index (χ1v) is 6.26. The maximum Gasteiger partial charge on any atom is 0.328 e. The second-order valence-corrected chi connectivity index (χ2v) is 4.22. The molecule has 9 heteroatoms. The van der Waals surface area contributed by atoms with Crippen LogP contribution in [0.5, 0.6) is 0 Å². The number of rotatable bonds is 7. The molecule has 0 amide bonds. The molecule has 116 valence electrons. The lowest BCUT2D eigenvalue weighted by molar-refractivity contribution is -0.148. The highest BCUT2D eigenvalue weighted by molar-refractivity contribution is 6.29. The van der Waals surface area contributed by atoms with Gasteiger partial charge >= 0.3 is 11.9 Å². The quantitative estimate of drug-likeness (QED) is 0.440. The summed E-state index contributed by atoms with van der Waals surface area (Å²) in [7, 11) is 3.87. The van der Waals surface area contributed by atoms with E-state index in [-0.39, 0.29) is 17.4 Å². The van der Waals surface area contributed by atoms with Crippen LogP contribution in [0.3, 0.4) is 0 Å². The van der Waals surface area contributed by atoms with Crippen molar-refractivity contribution in [1.82, 2.24) is 4.98 Å². The van der Waals surface area contributed by atoms with Crippen LogP contribution in [0.2, 0.25) is 5.15 Å². The van der Waals surface area contributed by atoms with Crippen molar-refractivity contribution in [3.05, 3.63) is 17.3 Å². The van der Waals surface area contributed by atoms with Crippen LogP contribution in [0, 0.1) is 0 Å². The Morgan fingerprint density at radius 1 is 1.29 bits per heavy atom. The largest absolute Gasteiger partial charge is 0.469 e. The molecule has 0 aliphatic rings. The monoisotopic (exact) mass is 317 g/mol. The zero-order valence-corrected chi connectivity index (χ0v) is 12.6. The minimum atomic E-state index is -0.967. The van der Waals surface area contributed by atoms with E-state index in [1.807, 2.05) is 0 Å². The SMILES string of the molecule is CONc1ccc(Cl)nc1NC(CC(=O)OC)C(=O)OC. The Labute approximate surface area is 126 Å². The molecule has 2 N–H and O–H groups in total. The van der Waals surface area contributed by atoms with E-state index in [1.165, 1.54) is 21.3 Å². The van der Waals surface area contributed by atoms with Crippen molar-refractivity contribution in [2.45, 2.75) is 12.5 Å². The highest BCUT2D eigenvalue weighted by Crippen LogP contribution is 2.23. The van der Waals surface area contributed by atoms with Gasteiger partial charge in [0, 0.05) is 0 Å². The lowest BCUT2D eigenvalue weighted by atomic mass is 10.2. The average molecular weight is 318 g/mol. The minimum Gasteiger partial charge on any atom is -0.469 e. The third kappa shape index (κ3) is 5.09. The highest BCUT2D eigenvalue weighted by Gasteiger charge is 2.24. The van der Waals surface area contributed by atoms with Gasteiger partial charge in [-0.2, -0.15) is 0 Å². The number of halogens is 1. The second kappa shape index (κ2) is 8.28. The summed E-state index contributed by atoms with van der Waals surface area (Å²) in [5.74, 6) is -0.963. The summed E-state index contributed by atoms with van der Waals surface area (Å²) in [4.78, 5) is 31.9. The Morgan fingerprint density at radius 3 is 2.57 bits per heavy atom. The van der Waals surface area contributed by atoms with Gasteiger partial charge in [-0.1, -0.05) is 11.6 Å². The summed E-state index contributed by atoms with van der Waals surface area (Å²) in [6.07, 6.45) is -0.218. The number of carbonyl (C=O) groups is 2. The molecule has 1 unspecified atom stereocenters. The fourth-order valence-corrected chi connectivity index (χ4v) is 1.64. The molecule has 1 aromatic heterocycles. The van der Waals surface area contributed by atoms with Crippen LogP contribution in [0.25, 0.3) is 0 Å². The molecule has 1 rings (SSSR count). The molecule has 8 nitrogen and oxygen atoms in total. The van der Waals surface area contributed by atoms with Gasteiger partial charge in [0.2, 0.25) is 0 Å². The number of hydrogen-bond donors (Lipinski definition) is 2. The molecule has 0 aliphatic heterocycles. The van der Waals surface area contributed by atoms with E-state index in [0.717, 1.165) is 0 Å². The van der Waals surface area contributed by atoms with Gasteiger partial charge in [-0.15, -0.1) is 0 Å². The minimum absolute atomic E-state index is 0.209. The second-order valence-electron chi connectivity index (χ2n) is 3.84. The molecule has 0 saturated heterocycles. The van der Waals surface area contributed by atoms with Crippen LogP contribution >= 0.6 is 11.6 Å². The number of anilines is 2. The number of aromatic nitrogens is 1. The van der Waals surface area contributed by atoms with Crippen LogP contribution in [0.1, 0.15) is 6.42 Å². The smallest absolute Gasteiger partial charge is 0.328 e. The molecule has 1 atom stereocenters. The van der Waals surface area contributed by atoms with Crippen LogP contribution in [-0.4, -0.2) is 44.3 Å². The van der Waals surface area contributed by atoms with Gasteiger partial charge in [0.1, 0.15) is 16.9 Å². The number of nitrogens with zero attached hydrogens (tertiary/aromatic N) is 1. The van der Waals surface area contributed by atoms with E-state index < -0.39 is 18.0 Å². The van der Waals surface area contributed by atoms with E-state index in [2.05, 4.69) is 25.3 Å². The van der Waals surface area contributed by atoms with Gasteiger partial charge < -0.3 is 14.8 Å². The highest BCUT2D eigenvalue weighted by atomic mass is 35.5. The third-order valence-corrected chi connectivity index (χ3v) is 2.68. The van der Waals surface area contributed by atoms with Crippen molar-refractivity contribution >= 4 is 35.0 Å². The Hall–Kier alpha value is -2.06. The number of pyridine rings is 1. The molecule has 21 heavy (non-hydrogen) atoms. The average Bonchev–Trinajstić information content (AvgIpc) is 2.48. The number of ether oxygens (including phenoxy) is 2.